The van der Waals surface area contributed by atoms with E-state index in [0.29, 0.717) is 5.92 Å². The molecule has 2 heterocycles. The molecule has 40 heavy (non-hydrogen) atoms. The molecule has 2 aliphatic heterocycles. The van der Waals surface area contributed by atoms with Gasteiger partial charge in [-0.25, -0.2) is 4.57 Å². The second-order valence-electron chi connectivity index (χ2n) is 9.29. The molecule has 0 spiro atoms. The van der Waals surface area contributed by atoms with Crippen LogP contribution in [0.15, 0.2) is 0 Å². The van der Waals surface area contributed by atoms with Crippen molar-refractivity contribution in [1.82, 2.24) is 10.2 Å². The Balaban J connectivity index is 0. The van der Waals surface area contributed by atoms with Crippen LogP contribution in [-0.2, 0) is 47.7 Å². The van der Waals surface area contributed by atoms with Crippen LogP contribution < -0.4 is 15.5 Å². The van der Waals surface area contributed by atoms with Gasteiger partial charge in [0.05, 0.1) is 17.5 Å². The molecule has 1 amide bonds. The number of aliphatic hydroxyl groups is 2. The summed E-state index contributed by atoms with van der Waals surface area (Å²) in [5.41, 5.74) is -0.992. The predicted molar refractivity (Wildman–Crippen MR) is 139 cm³/mol. The van der Waals surface area contributed by atoms with E-state index in [-0.39, 0.29) is 31.4 Å². The van der Waals surface area contributed by atoms with Gasteiger partial charge in [0, 0.05) is 18.5 Å². The molecule has 2 rings (SSSR count). The standard InChI is InChI=1S/C18H34ClN2O8PS.2C2H4O2.Zn/c1-5-6-10-7-11(21(3)8-10)17(24)20-12(9(2)19)15-13(22)14(23)16(18(28-15)31-4)29-30(25,26)27;2*1-2(3)4;/h9-16,18,22-23H,5-8H2,1-4H3,(H,20,24)(H2,25,26,27);2*1H3,(H,3,4);/q;;;+2/p-2/t9-,10+,11-,12+,13+,14-,15+,16+,18+;;;/m0.../s1. The topological polar surface area (TPSA) is 229 Å². The maximum Gasteiger partial charge on any atom is 2.00 e. The number of nitrogens with one attached hydrogen (secondary N) is 1. The molecular weight excluding hydrogens is 648 g/mol. The van der Waals surface area contributed by atoms with Gasteiger partial charge in [-0.2, -0.15) is 0 Å². The number of alkyl halides is 1. The van der Waals surface area contributed by atoms with Crippen LogP contribution in [0, 0.1) is 5.92 Å². The van der Waals surface area contributed by atoms with Gasteiger partial charge in [0.1, 0.15) is 29.9 Å². The van der Waals surface area contributed by atoms with Crippen LogP contribution in [0.5, 0.6) is 0 Å². The fraction of sp³-hybridized carbons (Fsp3) is 0.864. The Morgan fingerprint density at radius 2 is 1.70 bits per heavy atom. The van der Waals surface area contributed by atoms with E-state index in [0.717, 1.165) is 51.4 Å². The maximum absolute atomic E-state index is 13.0. The second kappa shape index (κ2) is 19.7. The van der Waals surface area contributed by atoms with Gasteiger partial charge < -0.3 is 49.9 Å². The van der Waals surface area contributed by atoms with Gasteiger partial charge in [-0.15, -0.1) is 23.4 Å². The average Bonchev–Trinajstić information content (AvgIpc) is 3.14. The fourth-order valence-electron chi connectivity index (χ4n) is 4.37. The molecule has 2 fully saturated rings. The molecule has 0 bridgehead atoms. The molecule has 0 radical (unpaired) electrons. The SMILES string of the molecule is CC(=O)[O-].CC(=O)[O-].CCC[C@@H]1C[C@@H](C(=O)N[C@@H]([C@H]2O[C@H](SC)[C@H](OP(=O)(O)O)[C@@H](O)[C@H]2O)[C@H](C)Cl)N(C)C1.[Zn+2]. The van der Waals surface area contributed by atoms with E-state index in [9.17, 15) is 19.6 Å². The molecule has 230 valence electrons. The Morgan fingerprint density at radius 3 is 2.10 bits per heavy atom. The zero-order valence-electron chi connectivity index (χ0n) is 23.5. The fourth-order valence-corrected chi connectivity index (χ4v) is 5.93. The summed E-state index contributed by atoms with van der Waals surface area (Å²) in [6, 6.07) is -1.18. The molecule has 0 aliphatic carbocycles. The summed E-state index contributed by atoms with van der Waals surface area (Å²) in [4.78, 5) is 51.0. The number of likely N-dealkylation sites (N-methyl/N-ethyl adjacent to an activating group) is 1. The molecule has 9 atom stereocenters. The number of nitrogens with zero attached hydrogens (tertiary/aromatic N) is 1. The Morgan fingerprint density at radius 1 is 1.20 bits per heavy atom. The van der Waals surface area contributed by atoms with Crippen molar-refractivity contribution >= 4 is 49.0 Å². The third-order valence-corrected chi connectivity index (χ3v) is 7.50. The van der Waals surface area contributed by atoms with Gasteiger partial charge in [0.25, 0.3) is 0 Å². The van der Waals surface area contributed by atoms with E-state index >= 15 is 0 Å². The molecule has 2 aliphatic rings. The van der Waals surface area contributed by atoms with Crippen molar-refractivity contribution in [3.63, 3.8) is 0 Å². The quantitative estimate of drug-likeness (QED) is 0.101. The number of phosphoric acid groups is 1. The smallest absolute Gasteiger partial charge is 0.550 e. The van der Waals surface area contributed by atoms with E-state index in [1.165, 1.54) is 0 Å². The number of carbonyl (C=O) groups is 3. The molecule has 14 nitrogen and oxygen atoms in total. The summed E-state index contributed by atoms with van der Waals surface area (Å²) >= 11 is 7.38. The molecule has 5 N–H and O–H groups in total. The molecule has 18 heteroatoms. The Bertz CT molecular complexity index is 820. The summed E-state index contributed by atoms with van der Waals surface area (Å²) in [5.74, 6) is -1.97. The first-order valence-electron chi connectivity index (χ1n) is 12.1. The summed E-state index contributed by atoms with van der Waals surface area (Å²) in [6.07, 6.45) is -1.37. The van der Waals surface area contributed by atoms with Crippen LogP contribution in [0.25, 0.3) is 0 Å². The minimum absolute atomic E-state index is 0. The van der Waals surface area contributed by atoms with Gasteiger partial charge in [-0.05, 0) is 52.8 Å². The monoisotopic (exact) mass is 686 g/mol. The van der Waals surface area contributed by atoms with Gasteiger partial charge in [-0.1, -0.05) is 13.3 Å². The number of ether oxygens (including phenoxy) is 1. The van der Waals surface area contributed by atoms with Crippen LogP contribution >= 0.6 is 31.2 Å². The Kier molecular flexibility index (Phi) is 20.6. The van der Waals surface area contributed by atoms with Crippen LogP contribution in [0.3, 0.4) is 0 Å². The number of carboxylic acid groups (broad SMARTS) is 2. The molecular formula is C22H40ClN2O12PSZn. The number of likely N-dealkylation sites (tertiary alicyclic amines) is 1. The molecule has 0 aromatic carbocycles. The van der Waals surface area contributed by atoms with E-state index < -0.39 is 61.0 Å². The molecule has 0 unspecified atom stereocenters. The van der Waals surface area contributed by atoms with Crippen molar-refractivity contribution < 1.29 is 77.9 Å². The van der Waals surface area contributed by atoms with Crippen LogP contribution in [0.1, 0.15) is 47.0 Å². The van der Waals surface area contributed by atoms with Crippen molar-refractivity contribution in [2.45, 2.75) is 94.3 Å². The molecule has 0 aromatic rings. The van der Waals surface area contributed by atoms with Gasteiger partial charge >= 0.3 is 27.3 Å². The number of aliphatic carboxylic acids is 2. The number of carboxylic acids is 2. The van der Waals surface area contributed by atoms with E-state index in [2.05, 4.69) is 16.8 Å². The van der Waals surface area contributed by atoms with Crippen molar-refractivity contribution in [2.24, 2.45) is 5.92 Å². The zero-order chi connectivity index (χ0) is 30.7. The Hall–Kier alpha value is -0.377. The Labute approximate surface area is 256 Å². The number of halogens is 1. The van der Waals surface area contributed by atoms with Gasteiger partial charge in [-0.3, -0.25) is 14.2 Å². The van der Waals surface area contributed by atoms with Crippen LogP contribution in [0.2, 0.25) is 0 Å². The van der Waals surface area contributed by atoms with Crippen LogP contribution in [-0.4, -0.2) is 110 Å². The number of hydrogen-bond donors (Lipinski definition) is 5. The molecule has 0 saturated carbocycles. The summed E-state index contributed by atoms with van der Waals surface area (Å²) in [7, 11) is -3.04. The zero-order valence-corrected chi connectivity index (χ0v) is 28.9. The third-order valence-electron chi connectivity index (χ3n) is 5.87. The van der Waals surface area contributed by atoms with E-state index in [4.69, 9.17) is 45.9 Å². The maximum atomic E-state index is 13.0. The van der Waals surface area contributed by atoms with Crippen molar-refractivity contribution in [3.05, 3.63) is 0 Å². The first kappa shape index (κ1) is 41.8. The molecule has 2 saturated heterocycles. The van der Waals surface area contributed by atoms with Crippen molar-refractivity contribution in [3.8, 4) is 0 Å². The number of carbonyl (C=O) groups excluding carboxylic acids is 3. The minimum atomic E-state index is -4.93. The van der Waals surface area contributed by atoms with Crippen molar-refractivity contribution in [2.75, 3.05) is 19.8 Å². The van der Waals surface area contributed by atoms with E-state index in [1.807, 2.05) is 11.9 Å². The number of aliphatic hydroxyl groups excluding tert-OH is 2. The largest absolute Gasteiger partial charge is 2.00 e. The number of thioether (sulfide) groups is 1. The first-order valence-corrected chi connectivity index (χ1v) is 15.4. The van der Waals surface area contributed by atoms with Gasteiger partial charge in [0.15, 0.2) is 0 Å². The van der Waals surface area contributed by atoms with Gasteiger partial charge in [0.2, 0.25) is 5.91 Å². The van der Waals surface area contributed by atoms with E-state index in [1.54, 1.807) is 13.2 Å². The summed E-state index contributed by atoms with van der Waals surface area (Å²) < 4.78 is 21.7. The first-order chi connectivity index (χ1) is 17.9. The number of hydrogen-bond acceptors (Lipinski definition) is 12. The second-order valence-corrected chi connectivity index (χ2v) is 12.1. The summed E-state index contributed by atoms with van der Waals surface area (Å²) in [6.45, 7) is 6.51. The number of rotatable bonds is 9. The van der Waals surface area contributed by atoms with Crippen molar-refractivity contribution in [1.29, 1.82) is 0 Å². The average molecular weight is 688 g/mol. The minimum Gasteiger partial charge on any atom is -0.550 e. The summed E-state index contributed by atoms with van der Waals surface area (Å²) in [5, 5.41) is 41.1. The van der Waals surface area contributed by atoms with Crippen LogP contribution in [0.4, 0.5) is 0 Å². The third kappa shape index (κ3) is 15.2. The molecule has 0 aromatic heterocycles. The predicted octanol–water partition coefficient (Wildman–Crippen LogP) is -1.98. The normalized spacial score (nSPS) is 29.8. The number of amides is 1. The number of phosphoric ester groups is 1.